The van der Waals surface area contributed by atoms with Gasteiger partial charge >= 0.3 is 0 Å². The Kier molecular flexibility index (Phi) is 2.94. The summed E-state index contributed by atoms with van der Waals surface area (Å²) in [7, 11) is 0. The number of benzene rings is 1. The average molecular weight is 275 g/mol. The summed E-state index contributed by atoms with van der Waals surface area (Å²) in [6.45, 7) is 4.56. The van der Waals surface area contributed by atoms with Crippen molar-refractivity contribution >= 4 is 34.2 Å². The Morgan fingerprint density at radius 1 is 1.37 bits per heavy atom. The molecule has 0 aliphatic carbocycles. The molecule has 4 heteroatoms. The van der Waals surface area contributed by atoms with E-state index in [4.69, 9.17) is 11.6 Å². The first kappa shape index (κ1) is 12.4. The second-order valence-electron chi connectivity index (χ2n) is 5.20. The van der Waals surface area contributed by atoms with Gasteiger partial charge in [-0.25, -0.2) is 4.98 Å². The summed E-state index contributed by atoms with van der Waals surface area (Å²) in [5, 5.41) is 1.74. The molecule has 0 atom stereocenters. The first-order valence-corrected chi connectivity index (χ1v) is 6.84. The second kappa shape index (κ2) is 4.49. The number of anilines is 1. The van der Waals surface area contributed by atoms with Crippen LogP contribution in [0.5, 0.6) is 0 Å². The number of carbonyl (C=O) groups excluding carboxylic acids is 1. The zero-order valence-electron chi connectivity index (χ0n) is 11.0. The Hall–Kier alpha value is -1.61. The minimum atomic E-state index is -0.00587. The molecule has 1 amide bonds. The fourth-order valence-electron chi connectivity index (χ4n) is 2.46. The van der Waals surface area contributed by atoms with Crippen molar-refractivity contribution in [3.05, 3.63) is 34.9 Å². The number of rotatable bonds is 1. The number of halogens is 1. The number of fused-ring (bicyclic) bond motifs is 2. The molecule has 0 radical (unpaired) electrons. The van der Waals surface area contributed by atoms with E-state index in [-0.39, 0.29) is 11.8 Å². The van der Waals surface area contributed by atoms with Crippen molar-refractivity contribution in [3.8, 4) is 0 Å². The predicted molar refractivity (Wildman–Crippen MR) is 77.6 cm³/mol. The van der Waals surface area contributed by atoms with Gasteiger partial charge in [0.15, 0.2) is 0 Å². The van der Waals surface area contributed by atoms with Gasteiger partial charge in [0.05, 0.1) is 5.52 Å². The van der Waals surface area contributed by atoms with Crippen LogP contribution < -0.4 is 4.90 Å². The topological polar surface area (TPSA) is 33.2 Å². The van der Waals surface area contributed by atoms with Crippen molar-refractivity contribution in [2.24, 2.45) is 5.92 Å². The van der Waals surface area contributed by atoms with Gasteiger partial charge in [0, 0.05) is 22.9 Å². The van der Waals surface area contributed by atoms with E-state index < -0.39 is 0 Å². The molecule has 3 rings (SSSR count). The maximum absolute atomic E-state index is 12.2. The maximum Gasteiger partial charge on any atom is 0.230 e. The summed E-state index contributed by atoms with van der Waals surface area (Å²) in [6, 6.07) is 7.73. The van der Waals surface area contributed by atoms with Crippen LogP contribution in [0.2, 0.25) is 5.02 Å². The van der Waals surface area contributed by atoms with Gasteiger partial charge in [0.2, 0.25) is 5.91 Å². The van der Waals surface area contributed by atoms with Crippen LogP contribution in [-0.4, -0.2) is 17.4 Å². The van der Waals surface area contributed by atoms with Crippen molar-refractivity contribution in [1.82, 2.24) is 4.98 Å². The van der Waals surface area contributed by atoms with E-state index >= 15 is 0 Å². The van der Waals surface area contributed by atoms with Gasteiger partial charge in [0.1, 0.15) is 5.82 Å². The molecular formula is C15H15ClN2O. The van der Waals surface area contributed by atoms with Crippen LogP contribution in [0.4, 0.5) is 5.82 Å². The first-order chi connectivity index (χ1) is 9.06. The normalized spacial score (nSPS) is 14.2. The lowest BCUT2D eigenvalue weighted by Gasteiger charge is -2.18. The zero-order chi connectivity index (χ0) is 13.6. The SMILES string of the molecule is CC(C)C(=O)N1CCc2cc3cc(Cl)ccc3nc21. The third-order valence-electron chi connectivity index (χ3n) is 3.45. The third kappa shape index (κ3) is 2.08. The Bertz CT molecular complexity index is 666. The summed E-state index contributed by atoms with van der Waals surface area (Å²) in [6.07, 6.45) is 0.864. The van der Waals surface area contributed by atoms with E-state index in [1.165, 1.54) is 0 Å². The standard InChI is InChI=1S/C15H15ClN2O/c1-9(2)15(19)18-6-5-10-7-11-8-12(16)3-4-13(11)17-14(10)18/h3-4,7-9H,5-6H2,1-2H3. The van der Waals surface area contributed by atoms with E-state index in [0.717, 1.165) is 35.2 Å². The molecule has 3 nitrogen and oxygen atoms in total. The largest absolute Gasteiger partial charge is 0.296 e. The average Bonchev–Trinajstić information content (AvgIpc) is 2.77. The minimum Gasteiger partial charge on any atom is -0.296 e. The highest BCUT2D eigenvalue weighted by Crippen LogP contribution is 2.31. The van der Waals surface area contributed by atoms with Crippen LogP contribution in [0.15, 0.2) is 24.3 Å². The lowest BCUT2D eigenvalue weighted by Crippen LogP contribution is -2.33. The molecule has 0 saturated heterocycles. The lowest BCUT2D eigenvalue weighted by atomic mass is 10.1. The van der Waals surface area contributed by atoms with E-state index in [1.807, 2.05) is 32.0 Å². The molecule has 2 aromatic rings. The van der Waals surface area contributed by atoms with Gasteiger partial charge in [-0.1, -0.05) is 25.4 Å². The summed E-state index contributed by atoms with van der Waals surface area (Å²) < 4.78 is 0. The van der Waals surface area contributed by atoms with Crippen molar-refractivity contribution in [1.29, 1.82) is 0 Å². The molecular weight excluding hydrogens is 260 g/mol. The van der Waals surface area contributed by atoms with Gasteiger partial charge < -0.3 is 0 Å². The summed E-state index contributed by atoms with van der Waals surface area (Å²) in [5.41, 5.74) is 2.01. The number of hydrogen-bond donors (Lipinski definition) is 0. The Balaban J connectivity index is 2.11. The molecule has 1 aliphatic rings. The van der Waals surface area contributed by atoms with E-state index in [0.29, 0.717) is 5.02 Å². The van der Waals surface area contributed by atoms with Crippen molar-refractivity contribution in [2.45, 2.75) is 20.3 Å². The van der Waals surface area contributed by atoms with Crippen LogP contribution >= 0.6 is 11.6 Å². The van der Waals surface area contributed by atoms with Gasteiger partial charge in [-0.05, 0) is 36.2 Å². The first-order valence-electron chi connectivity index (χ1n) is 6.47. The van der Waals surface area contributed by atoms with E-state index in [9.17, 15) is 4.79 Å². The molecule has 0 saturated carbocycles. The molecule has 98 valence electrons. The molecule has 0 N–H and O–H groups in total. The molecule has 19 heavy (non-hydrogen) atoms. The number of amides is 1. The van der Waals surface area contributed by atoms with Crippen LogP contribution in [0.3, 0.4) is 0 Å². The van der Waals surface area contributed by atoms with Crippen molar-refractivity contribution in [3.63, 3.8) is 0 Å². The second-order valence-corrected chi connectivity index (χ2v) is 5.64. The quantitative estimate of drug-likeness (QED) is 0.798. The number of nitrogens with zero attached hydrogens (tertiary/aromatic N) is 2. The smallest absolute Gasteiger partial charge is 0.230 e. The highest BCUT2D eigenvalue weighted by atomic mass is 35.5. The van der Waals surface area contributed by atoms with Crippen LogP contribution in [0.25, 0.3) is 10.9 Å². The molecule has 1 aromatic carbocycles. The number of pyridine rings is 1. The molecule has 1 aromatic heterocycles. The molecule has 0 fully saturated rings. The fourth-order valence-corrected chi connectivity index (χ4v) is 2.64. The zero-order valence-corrected chi connectivity index (χ0v) is 11.7. The van der Waals surface area contributed by atoms with E-state index in [2.05, 4.69) is 11.1 Å². The van der Waals surface area contributed by atoms with Crippen molar-refractivity contribution < 1.29 is 4.79 Å². The van der Waals surface area contributed by atoms with Crippen LogP contribution in [0, 0.1) is 5.92 Å². The molecule has 0 spiro atoms. The molecule has 2 heterocycles. The lowest BCUT2D eigenvalue weighted by molar-refractivity contribution is -0.121. The fraction of sp³-hybridized carbons (Fsp3) is 0.333. The highest BCUT2D eigenvalue weighted by molar-refractivity contribution is 6.31. The minimum absolute atomic E-state index is 0.00587. The van der Waals surface area contributed by atoms with Crippen LogP contribution in [0.1, 0.15) is 19.4 Å². The summed E-state index contributed by atoms with van der Waals surface area (Å²) in [5.74, 6) is 0.946. The predicted octanol–water partition coefficient (Wildman–Crippen LogP) is 3.43. The van der Waals surface area contributed by atoms with Crippen LogP contribution in [-0.2, 0) is 11.2 Å². The monoisotopic (exact) mass is 274 g/mol. The van der Waals surface area contributed by atoms with Gasteiger partial charge in [-0.15, -0.1) is 0 Å². The third-order valence-corrected chi connectivity index (χ3v) is 3.69. The maximum atomic E-state index is 12.2. The number of carbonyl (C=O) groups is 1. The number of hydrogen-bond acceptors (Lipinski definition) is 2. The Morgan fingerprint density at radius 2 is 2.16 bits per heavy atom. The van der Waals surface area contributed by atoms with Gasteiger partial charge in [0.25, 0.3) is 0 Å². The Labute approximate surface area is 117 Å². The molecule has 1 aliphatic heterocycles. The highest BCUT2D eigenvalue weighted by Gasteiger charge is 2.27. The van der Waals surface area contributed by atoms with Gasteiger partial charge in [-0.2, -0.15) is 0 Å². The van der Waals surface area contributed by atoms with Crippen molar-refractivity contribution in [2.75, 3.05) is 11.4 Å². The summed E-state index contributed by atoms with van der Waals surface area (Å²) in [4.78, 5) is 18.6. The summed E-state index contributed by atoms with van der Waals surface area (Å²) >= 11 is 6.00. The van der Waals surface area contributed by atoms with Gasteiger partial charge in [-0.3, -0.25) is 9.69 Å². The Morgan fingerprint density at radius 3 is 2.89 bits per heavy atom. The molecule has 0 unspecified atom stereocenters. The number of aromatic nitrogens is 1. The van der Waals surface area contributed by atoms with E-state index in [1.54, 1.807) is 4.90 Å². The molecule has 0 bridgehead atoms.